The number of esters is 2. The monoisotopic (exact) mass is 1080 g/mol. The number of fused-ring (bicyclic) bond motifs is 12. The maximum atomic E-state index is 15.7. The molecule has 1 aromatic heterocycles. The first kappa shape index (κ1) is 54.1. The second-order valence-corrected chi connectivity index (χ2v) is 23.9. The van der Waals surface area contributed by atoms with E-state index < -0.39 is 47.9 Å². The highest BCUT2D eigenvalue weighted by molar-refractivity contribution is 5.90. The Kier molecular flexibility index (Phi) is 15.4. The summed E-state index contributed by atoms with van der Waals surface area (Å²) in [4.78, 5) is 45.5. The Morgan fingerprint density at radius 3 is 2.54 bits per heavy atom. The van der Waals surface area contributed by atoms with Gasteiger partial charge in [-0.3, -0.25) is 4.79 Å². The summed E-state index contributed by atoms with van der Waals surface area (Å²) in [6.45, 7) is 0.678. The number of hydrogen-bond donors (Lipinski definition) is 3. The summed E-state index contributed by atoms with van der Waals surface area (Å²) in [5.41, 5.74) is 7.72. The number of carbonyl (C=O) groups is 2. The highest BCUT2D eigenvalue weighted by atomic mass is 16.6. The van der Waals surface area contributed by atoms with Gasteiger partial charge in [0.05, 0.1) is 31.8 Å². The van der Waals surface area contributed by atoms with Gasteiger partial charge < -0.3 is 38.7 Å². The lowest BCUT2D eigenvalue weighted by Gasteiger charge is -2.51. The highest BCUT2D eigenvalue weighted by Crippen LogP contribution is 2.56. The van der Waals surface area contributed by atoms with Gasteiger partial charge in [-0.05, 0) is 132 Å². The second-order valence-electron chi connectivity index (χ2n) is 23.9. The molecule has 9 atom stereocenters. The lowest BCUT2D eigenvalue weighted by atomic mass is 9.56. The zero-order valence-corrected chi connectivity index (χ0v) is 46.2. The van der Waals surface area contributed by atoms with Gasteiger partial charge >= 0.3 is 17.6 Å². The molecule has 4 aliphatic carbocycles. The molecule has 4 heterocycles. The smallest absolute Gasteiger partial charge is 0.340 e. The van der Waals surface area contributed by atoms with Gasteiger partial charge in [0, 0.05) is 72.2 Å². The second kappa shape index (κ2) is 22.8. The Morgan fingerprint density at radius 2 is 1.71 bits per heavy atom. The first-order valence-corrected chi connectivity index (χ1v) is 29.4. The Labute approximate surface area is 469 Å². The average Bonchev–Trinajstić information content (AvgIpc) is 3.68. The van der Waals surface area contributed by atoms with Crippen molar-refractivity contribution in [2.75, 3.05) is 26.9 Å². The first-order valence-electron chi connectivity index (χ1n) is 29.4. The normalized spacial score (nSPS) is 28.3. The van der Waals surface area contributed by atoms with Gasteiger partial charge in [0.2, 0.25) is 0 Å². The van der Waals surface area contributed by atoms with E-state index >= 15 is 9.59 Å². The van der Waals surface area contributed by atoms with Crippen LogP contribution < -0.4 is 10.4 Å². The van der Waals surface area contributed by atoms with Crippen LogP contribution in [-0.4, -0.2) is 65.9 Å². The van der Waals surface area contributed by atoms with Gasteiger partial charge in [0.15, 0.2) is 17.8 Å². The molecule has 12 rings (SSSR count). The van der Waals surface area contributed by atoms with Crippen molar-refractivity contribution in [3.63, 3.8) is 0 Å². The molecule has 0 spiro atoms. The highest BCUT2D eigenvalue weighted by Gasteiger charge is 2.59. The number of carbonyl (C=O) groups excluding carboxylic acids is 2. The molecule has 416 valence electrons. The fourth-order valence-electron chi connectivity index (χ4n) is 15.6. The van der Waals surface area contributed by atoms with Gasteiger partial charge in [-0.2, -0.15) is 0 Å². The third-order valence-corrected chi connectivity index (χ3v) is 19.6. The number of benzene rings is 4. The lowest BCUT2D eigenvalue weighted by molar-refractivity contribution is -0.204. The molecule has 0 radical (unpaired) electrons. The molecule has 7 aliphatic rings. The zero-order valence-electron chi connectivity index (χ0n) is 46.2. The number of aliphatic hydroxyl groups is 3. The number of hydrogen-bond acceptors (Lipinski definition) is 11. The maximum absolute atomic E-state index is 15.7. The van der Waals surface area contributed by atoms with Crippen molar-refractivity contribution >= 4 is 29.0 Å². The zero-order chi connectivity index (χ0) is 55.1. The minimum absolute atomic E-state index is 0.0153. The summed E-state index contributed by atoms with van der Waals surface area (Å²) in [5.74, 6) is 5.47. The van der Waals surface area contributed by atoms with Crippen LogP contribution in [0.1, 0.15) is 176 Å². The Morgan fingerprint density at radius 1 is 0.863 bits per heavy atom. The number of methoxy groups -OCH3 is 1. The first-order chi connectivity index (χ1) is 39.1. The van der Waals surface area contributed by atoms with Crippen LogP contribution in [0.4, 0.5) is 0 Å². The predicted octanol–water partition coefficient (Wildman–Crippen LogP) is 11.8. The van der Waals surface area contributed by atoms with Crippen molar-refractivity contribution in [2.45, 2.75) is 157 Å². The maximum Gasteiger partial charge on any atom is 0.340 e. The topological polar surface area (TPSA) is 162 Å². The lowest BCUT2D eigenvalue weighted by Crippen LogP contribution is -2.60. The van der Waals surface area contributed by atoms with Crippen molar-refractivity contribution in [1.29, 1.82) is 0 Å². The number of allylic oxidation sites excluding steroid dienone is 3. The van der Waals surface area contributed by atoms with Crippen molar-refractivity contribution < 1.29 is 48.3 Å². The Balaban J connectivity index is 1.03. The fraction of sp³-hybridized carbons (Fsp3) is 0.464. The SMILES string of the molecule is COCC(CCO)c1c(CO)c2ccc3c(c2oc1=O)C1OC(=O)CC2CC(c4cccc(C56CCCCC5C=Cc5ccccc56)c4)C=CC2c2ccc4cc2CC#CCC(C2CCCCC2)(O3)C1OC(=O)C(=C(C)CO)CC4. The number of aryl methyl sites for hydroxylation is 1. The van der Waals surface area contributed by atoms with Crippen molar-refractivity contribution in [2.24, 2.45) is 17.8 Å². The minimum atomic E-state index is -1.36. The van der Waals surface area contributed by atoms with Crippen LogP contribution in [0.15, 0.2) is 117 Å². The van der Waals surface area contributed by atoms with Crippen LogP contribution in [0, 0.1) is 29.6 Å². The molecular weight excluding hydrogens is 1000 g/mol. The van der Waals surface area contributed by atoms with Gasteiger partial charge in [0.1, 0.15) is 11.3 Å². The van der Waals surface area contributed by atoms with Crippen LogP contribution >= 0.6 is 0 Å². The third kappa shape index (κ3) is 9.57. The van der Waals surface area contributed by atoms with Crippen LogP contribution in [0.5, 0.6) is 5.75 Å². The van der Waals surface area contributed by atoms with E-state index in [0.29, 0.717) is 53.0 Å². The molecule has 3 N–H and O–H groups in total. The van der Waals surface area contributed by atoms with E-state index in [0.717, 1.165) is 68.1 Å². The van der Waals surface area contributed by atoms with E-state index in [9.17, 15) is 20.1 Å². The summed E-state index contributed by atoms with van der Waals surface area (Å²) in [6.07, 6.45) is 17.8. The molecule has 4 aromatic carbocycles. The van der Waals surface area contributed by atoms with Crippen LogP contribution in [-0.2, 0) is 48.7 Å². The molecule has 2 fully saturated rings. The van der Waals surface area contributed by atoms with Gasteiger partial charge in [-0.15, -0.1) is 0 Å². The summed E-state index contributed by atoms with van der Waals surface area (Å²) in [7, 11) is 1.51. The molecule has 3 aliphatic heterocycles. The van der Waals surface area contributed by atoms with E-state index in [1.54, 1.807) is 19.1 Å². The minimum Gasteiger partial charge on any atom is -0.481 e. The van der Waals surface area contributed by atoms with Crippen molar-refractivity contribution in [3.05, 3.63) is 174 Å². The average molecular weight is 1080 g/mol. The van der Waals surface area contributed by atoms with E-state index in [4.69, 9.17) is 23.4 Å². The standard InChI is InChI=1S/C69H74O11/c1-42(39-71)53-26-21-43-22-27-54-47(35-43)14-8-11-33-69(51-17-4-3-5-18-51)65(79-66(53)74)64(62-59(80-69)30-29-56-57(40-72)61(67(75)78-63(56)62)48(31-34-70)41-76-2)77-60(73)38-49-36-46(24-28-55(49)54)45-15-12-19-52(37-45)68-32-10-9-16-50(68)25-23-44-13-6-7-20-58(44)68/h6-7,12-13,15,19-20,22-25,27-30,35,37,46,48-51,55,64-65,70-72H,3-5,9-10,14,16-18,21,26,31-34,36,38-41H2,1-2H3. The largest absolute Gasteiger partial charge is 0.481 e. The molecule has 0 amide bonds. The van der Waals surface area contributed by atoms with Gasteiger partial charge in [0.25, 0.3) is 0 Å². The molecular formula is C69H74O11. The number of aliphatic hydroxyl groups excluding tert-OH is 3. The van der Waals surface area contributed by atoms with E-state index in [1.165, 1.54) is 35.8 Å². The molecule has 11 nitrogen and oxygen atoms in total. The van der Waals surface area contributed by atoms with Crippen LogP contribution in [0.25, 0.3) is 17.0 Å². The third-order valence-electron chi connectivity index (χ3n) is 19.6. The molecule has 80 heavy (non-hydrogen) atoms. The molecule has 9 unspecified atom stereocenters. The van der Waals surface area contributed by atoms with E-state index in [-0.39, 0.29) is 91.3 Å². The van der Waals surface area contributed by atoms with E-state index in [1.807, 2.05) is 0 Å². The van der Waals surface area contributed by atoms with Crippen molar-refractivity contribution in [1.82, 2.24) is 0 Å². The summed E-state index contributed by atoms with van der Waals surface area (Å²) in [5, 5.41) is 32.4. The fourth-order valence-corrected chi connectivity index (χ4v) is 15.6. The Bertz CT molecular complexity index is 3410. The number of ether oxygens (including phenoxy) is 4. The molecule has 11 heteroatoms. The molecule has 5 bridgehead atoms. The molecule has 2 saturated carbocycles. The van der Waals surface area contributed by atoms with Gasteiger partial charge in [-0.1, -0.05) is 135 Å². The Hall–Kier alpha value is -6.55. The summed E-state index contributed by atoms with van der Waals surface area (Å²) < 4.78 is 33.4. The molecule has 0 saturated heterocycles. The van der Waals surface area contributed by atoms with Crippen LogP contribution in [0.3, 0.4) is 0 Å². The van der Waals surface area contributed by atoms with Crippen LogP contribution in [0.2, 0.25) is 0 Å². The van der Waals surface area contributed by atoms with Crippen molar-refractivity contribution in [3.8, 4) is 17.6 Å². The van der Waals surface area contributed by atoms with Gasteiger partial charge in [-0.25, -0.2) is 9.59 Å². The summed E-state index contributed by atoms with van der Waals surface area (Å²) in [6, 6.07) is 28.2. The molecule has 5 aromatic rings. The number of rotatable bonds is 10. The predicted molar refractivity (Wildman–Crippen MR) is 306 cm³/mol. The summed E-state index contributed by atoms with van der Waals surface area (Å²) >= 11 is 0. The quantitative estimate of drug-likeness (QED) is 0.0401. The van der Waals surface area contributed by atoms with E-state index in [2.05, 4.69) is 103 Å².